The molecule has 92 valence electrons. The van der Waals surface area contributed by atoms with Crippen LogP contribution in [0.4, 0.5) is 5.82 Å². The molecule has 0 saturated carbocycles. The molecule has 0 spiro atoms. The van der Waals surface area contributed by atoms with Crippen molar-refractivity contribution in [1.82, 2.24) is 9.97 Å². The maximum absolute atomic E-state index is 5.50. The third kappa shape index (κ3) is 2.72. The summed E-state index contributed by atoms with van der Waals surface area (Å²) in [6.45, 7) is 6.69. The molecule has 2 unspecified atom stereocenters. The molecule has 2 rings (SSSR count). The second-order valence-corrected chi connectivity index (χ2v) is 5.25. The molecule has 0 radical (unpaired) electrons. The fourth-order valence-corrected chi connectivity index (χ4v) is 2.19. The molecule has 5 heteroatoms. The van der Waals surface area contributed by atoms with Crippen molar-refractivity contribution in [1.29, 1.82) is 0 Å². The molecular weight excluding hydrogens is 232 g/mol. The third-order valence-corrected chi connectivity index (χ3v) is 3.76. The van der Waals surface area contributed by atoms with Gasteiger partial charge >= 0.3 is 0 Å². The van der Waals surface area contributed by atoms with E-state index in [9.17, 15) is 0 Å². The zero-order valence-corrected chi connectivity index (χ0v) is 11.1. The average molecular weight is 250 g/mol. The number of anilines is 1. The van der Waals surface area contributed by atoms with E-state index in [0.717, 1.165) is 24.8 Å². The van der Waals surface area contributed by atoms with Gasteiger partial charge in [0.2, 0.25) is 0 Å². The third-order valence-electron chi connectivity index (χ3n) is 3.55. The summed E-state index contributed by atoms with van der Waals surface area (Å²) in [5.74, 6) is 2.40. The first-order valence-electron chi connectivity index (χ1n) is 5.94. The Morgan fingerprint density at radius 3 is 2.65 bits per heavy atom. The fourth-order valence-electron chi connectivity index (χ4n) is 2.08. The highest BCUT2D eigenvalue weighted by Crippen LogP contribution is 2.25. The van der Waals surface area contributed by atoms with Crippen LogP contribution in [0.5, 0.6) is 0 Å². The number of aromatic nitrogens is 2. The number of nitrogens with two attached hydrogens (primary N) is 1. The van der Waals surface area contributed by atoms with Crippen LogP contribution >= 0.6 is 12.2 Å². The predicted molar refractivity (Wildman–Crippen MR) is 73.1 cm³/mol. The molecule has 1 aliphatic rings. The lowest BCUT2D eigenvalue weighted by atomic mass is 9.89. The molecule has 0 aliphatic carbocycles. The first-order valence-corrected chi connectivity index (χ1v) is 6.35. The largest absolute Gasteiger partial charge is 0.388 e. The van der Waals surface area contributed by atoms with Crippen molar-refractivity contribution < 1.29 is 0 Å². The van der Waals surface area contributed by atoms with Crippen LogP contribution in [-0.2, 0) is 0 Å². The predicted octanol–water partition coefficient (Wildman–Crippen LogP) is 1.59. The zero-order chi connectivity index (χ0) is 12.4. The van der Waals surface area contributed by atoms with Gasteiger partial charge in [-0.3, -0.25) is 0 Å². The van der Waals surface area contributed by atoms with Crippen LogP contribution in [0.2, 0.25) is 0 Å². The van der Waals surface area contributed by atoms with E-state index in [1.54, 1.807) is 12.4 Å². The van der Waals surface area contributed by atoms with Crippen LogP contribution in [0, 0.1) is 11.8 Å². The number of nitrogens with zero attached hydrogens (tertiary/aromatic N) is 3. The van der Waals surface area contributed by atoms with Gasteiger partial charge in [-0.05, 0) is 18.3 Å². The standard InChI is InChI=1S/C12H18N4S/c1-8-3-4-16(7-9(8)2)11-6-14-10(5-15-11)12(13)17/h5-6,8-9H,3-4,7H2,1-2H3,(H2,13,17). The van der Waals surface area contributed by atoms with E-state index in [1.807, 2.05) is 0 Å². The molecular formula is C12H18N4S. The normalized spacial score (nSPS) is 24.7. The zero-order valence-electron chi connectivity index (χ0n) is 10.3. The highest BCUT2D eigenvalue weighted by molar-refractivity contribution is 7.80. The van der Waals surface area contributed by atoms with Crippen LogP contribution in [0.25, 0.3) is 0 Å². The van der Waals surface area contributed by atoms with Crippen molar-refractivity contribution in [3.8, 4) is 0 Å². The van der Waals surface area contributed by atoms with E-state index in [2.05, 4.69) is 28.7 Å². The molecule has 0 aromatic carbocycles. The van der Waals surface area contributed by atoms with Crippen molar-refractivity contribution in [2.24, 2.45) is 17.6 Å². The van der Waals surface area contributed by atoms with Crippen LogP contribution < -0.4 is 10.6 Å². The van der Waals surface area contributed by atoms with Gasteiger partial charge in [0.1, 0.15) is 16.5 Å². The molecule has 0 bridgehead atoms. The van der Waals surface area contributed by atoms with E-state index in [4.69, 9.17) is 18.0 Å². The Morgan fingerprint density at radius 1 is 1.35 bits per heavy atom. The number of rotatable bonds is 2. The summed E-state index contributed by atoms with van der Waals surface area (Å²) >= 11 is 4.86. The summed E-state index contributed by atoms with van der Waals surface area (Å²) in [5, 5.41) is 0. The Balaban J connectivity index is 2.10. The SMILES string of the molecule is CC1CCN(c2cnc(C(N)=S)cn2)CC1C. The lowest BCUT2D eigenvalue weighted by Gasteiger charge is -2.35. The van der Waals surface area contributed by atoms with Gasteiger partial charge < -0.3 is 10.6 Å². The minimum absolute atomic E-state index is 0.296. The van der Waals surface area contributed by atoms with Crippen LogP contribution in [-0.4, -0.2) is 28.0 Å². The fraction of sp³-hybridized carbons (Fsp3) is 0.583. The number of thiocarbonyl (C=S) groups is 1. The van der Waals surface area contributed by atoms with Gasteiger partial charge in [-0.15, -0.1) is 0 Å². The molecule has 1 fully saturated rings. The molecule has 1 aromatic rings. The van der Waals surface area contributed by atoms with Gasteiger partial charge in [0.05, 0.1) is 12.4 Å². The summed E-state index contributed by atoms with van der Waals surface area (Å²) in [5.41, 5.74) is 6.08. The van der Waals surface area contributed by atoms with Gasteiger partial charge in [-0.1, -0.05) is 26.1 Å². The van der Waals surface area contributed by atoms with Crippen molar-refractivity contribution in [2.45, 2.75) is 20.3 Å². The Hall–Kier alpha value is -1.23. The van der Waals surface area contributed by atoms with Gasteiger partial charge in [-0.25, -0.2) is 9.97 Å². The Labute approximate surface area is 107 Å². The minimum Gasteiger partial charge on any atom is -0.388 e. The van der Waals surface area contributed by atoms with Crippen LogP contribution in [0.15, 0.2) is 12.4 Å². The van der Waals surface area contributed by atoms with Crippen molar-refractivity contribution in [2.75, 3.05) is 18.0 Å². The monoisotopic (exact) mass is 250 g/mol. The molecule has 0 amide bonds. The average Bonchev–Trinajstić information content (AvgIpc) is 2.33. The first kappa shape index (κ1) is 12.2. The molecule has 1 aliphatic heterocycles. The second-order valence-electron chi connectivity index (χ2n) is 4.81. The Morgan fingerprint density at radius 2 is 2.12 bits per heavy atom. The Kier molecular flexibility index (Phi) is 3.57. The maximum atomic E-state index is 5.50. The summed E-state index contributed by atoms with van der Waals surface area (Å²) in [7, 11) is 0. The topological polar surface area (TPSA) is 55.0 Å². The van der Waals surface area contributed by atoms with E-state index >= 15 is 0 Å². The smallest absolute Gasteiger partial charge is 0.147 e. The second kappa shape index (κ2) is 4.96. The molecule has 1 aromatic heterocycles. The van der Waals surface area contributed by atoms with Crippen LogP contribution in [0.1, 0.15) is 26.0 Å². The number of hydrogen-bond acceptors (Lipinski definition) is 4. The maximum Gasteiger partial charge on any atom is 0.147 e. The van der Waals surface area contributed by atoms with Crippen molar-refractivity contribution in [3.05, 3.63) is 18.1 Å². The molecule has 1 saturated heterocycles. The van der Waals surface area contributed by atoms with Crippen molar-refractivity contribution in [3.63, 3.8) is 0 Å². The van der Waals surface area contributed by atoms with Gasteiger partial charge in [0, 0.05) is 13.1 Å². The summed E-state index contributed by atoms with van der Waals surface area (Å²) < 4.78 is 0. The van der Waals surface area contributed by atoms with Crippen LogP contribution in [0.3, 0.4) is 0 Å². The molecule has 2 atom stereocenters. The number of hydrogen-bond donors (Lipinski definition) is 1. The minimum atomic E-state index is 0.296. The molecule has 17 heavy (non-hydrogen) atoms. The van der Waals surface area contributed by atoms with E-state index in [-0.39, 0.29) is 0 Å². The summed E-state index contributed by atoms with van der Waals surface area (Å²) in [4.78, 5) is 11.2. The lowest BCUT2D eigenvalue weighted by Crippen LogP contribution is -2.39. The highest BCUT2D eigenvalue weighted by atomic mass is 32.1. The van der Waals surface area contributed by atoms with E-state index in [1.165, 1.54) is 6.42 Å². The summed E-state index contributed by atoms with van der Waals surface area (Å²) in [6, 6.07) is 0. The first-order chi connectivity index (χ1) is 8.08. The highest BCUT2D eigenvalue weighted by Gasteiger charge is 2.23. The molecule has 4 nitrogen and oxygen atoms in total. The molecule has 2 heterocycles. The lowest BCUT2D eigenvalue weighted by molar-refractivity contribution is 0.322. The van der Waals surface area contributed by atoms with E-state index < -0.39 is 0 Å². The molecule has 2 N–H and O–H groups in total. The number of piperidine rings is 1. The quantitative estimate of drug-likeness (QED) is 0.808. The Bertz CT molecular complexity index is 403. The van der Waals surface area contributed by atoms with Gasteiger partial charge in [0.15, 0.2) is 0 Å². The van der Waals surface area contributed by atoms with Gasteiger partial charge in [0.25, 0.3) is 0 Å². The van der Waals surface area contributed by atoms with E-state index in [0.29, 0.717) is 16.6 Å². The summed E-state index contributed by atoms with van der Waals surface area (Å²) in [6.07, 6.45) is 4.62. The van der Waals surface area contributed by atoms with Gasteiger partial charge in [-0.2, -0.15) is 0 Å². The van der Waals surface area contributed by atoms with Crippen molar-refractivity contribution >= 4 is 23.0 Å².